The lowest BCUT2D eigenvalue weighted by atomic mass is 10.0. The Kier molecular flexibility index (Phi) is 9.34. The molecule has 0 saturated carbocycles. The number of nitrogens with one attached hydrogen (secondary N) is 1. The van der Waals surface area contributed by atoms with Gasteiger partial charge in [-0.25, -0.2) is 0 Å². The minimum atomic E-state index is 0.609. The number of rotatable bonds is 11. The quantitative estimate of drug-likeness (QED) is 0.600. The molecule has 0 aliphatic rings. The zero-order chi connectivity index (χ0) is 13.8. The lowest BCUT2D eigenvalue weighted by Gasteiger charge is -2.16. The van der Waals surface area contributed by atoms with E-state index >= 15 is 0 Å². The number of nitrogens with zero attached hydrogens (tertiary/aromatic N) is 1. The highest BCUT2D eigenvalue weighted by Crippen LogP contribution is 2.12. The molecule has 0 bridgehead atoms. The smallest absolute Gasteiger partial charge is 0.0270 e. The number of unbranched alkanes of at least 4 members (excludes halogenated alkanes) is 6. The van der Waals surface area contributed by atoms with Gasteiger partial charge in [0.25, 0.3) is 0 Å². The molecule has 0 spiro atoms. The molecular formula is C17H30N2. The van der Waals surface area contributed by atoms with E-state index < -0.39 is 0 Å². The molecule has 1 rings (SSSR count). The summed E-state index contributed by atoms with van der Waals surface area (Å²) in [6, 6.07) is 4.85. The Morgan fingerprint density at radius 2 is 1.63 bits per heavy atom. The molecule has 108 valence electrons. The summed E-state index contributed by atoms with van der Waals surface area (Å²) >= 11 is 0. The van der Waals surface area contributed by atoms with Crippen LogP contribution in [-0.2, 0) is 6.42 Å². The van der Waals surface area contributed by atoms with Crippen LogP contribution in [0.2, 0.25) is 0 Å². The lowest BCUT2D eigenvalue weighted by molar-refractivity contribution is 0.478. The van der Waals surface area contributed by atoms with E-state index in [1.165, 1.54) is 56.9 Å². The first-order valence-electron chi connectivity index (χ1n) is 7.93. The van der Waals surface area contributed by atoms with E-state index in [1.807, 2.05) is 12.4 Å². The average Bonchev–Trinajstić information content (AvgIpc) is 2.46. The topological polar surface area (TPSA) is 24.9 Å². The van der Waals surface area contributed by atoms with Gasteiger partial charge in [0.05, 0.1) is 0 Å². The summed E-state index contributed by atoms with van der Waals surface area (Å²) in [5.41, 5.74) is 1.39. The zero-order valence-corrected chi connectivity index (χ0v) is 12.7. The van der Waals surface area contributed by atoms with Gasteiger partial charge in [0.15, 0.2) is 0 Å². The molecule has 0 aliphatic carbocycles. The SMILES string of the molecule is CCCCCCCCCC(Cc1ccncc1)NC. The van der Waals surface area contributed by atoms with E-state index in [9.17, 15) is 0 Å². The van der Waals surface area contributed by atoms with Gasteiger partial charge < -0.3 is 5.32 Å². The molecule has 1 heterocycles. The Morgan fingerprint density at radius 3 is 2.26 bits per heavy atom. The Hall–Kier alpha value is -0.890. The van der Waals surface area contributed by atoms with Gasteiger partial charge in [-0.05, 0) is 37.6 Å². The van der Waals surface area contributed by atoms with Crippen molar-refractivity contribution in [2.75, 3.05) is 7.05 Å². The van der Waals surface area contributed by atoms with Crippen LogP contribution in [0, 0.1) is 0 Å². The van der Waals surface area contributed by atoms with Crippen LogP contribution in [-0.4, -0.2) is 18.1 Å². The van der Waals surface area contributed by atoms with Gasteiger partial charge in [-0.15, -0.1) is 0 Å². The first-order chi connectivity index (χ1) is 9.36. The summed E-state index contributed by atoms with van der Waals surface area (Å²) in [5.74, 6) is 0. The van der Waals surface area contributed by atoms with Crippen LogP contribution in [0.25, 0.3) is 0 Å². The first kappa shape index (κ1) is 16.2. The van der Waals surface area contributed by atoms with Gasteiger partial charge in [-0.3, -0.25) is 4.98 Å². The molecule has 2 heteroatoms. The normalized spacial score (nSPS) is 12.5. The molecule has 0 amide bonds. The fourth-order valence-electron chi connectivity index (χ4n) is 2.50. The summed E-state index contributed by atoms with van der Waals surface area (Å²) in [4.78, 5) is 4.07. The highest BCUT2D eigenvalue weighted by atomic mass is 14.9. The van der Waals surface area contributed by atoms with Gasteiger partial charge in [0, 0.05) is 18.4 Å². The van der Waals surface area contributed by atoms with Crippen LogP contribution < -0.4 is 5.32 Å². The van der Waals surface area contributed by atoms with Crippen LogP contribution in [0.15, 0.2) is 24.5 Å². The molecule has 1 N–H and O–H groups in total. The number of likely N-dealkylation sites (N-methyl/N-ethyl adjacent to an activating group) is 1. The third kappa shape index (κ3) is 7.99. The molecule has 1 atom stereocenters. The maximum absolute atomic E-state index is 4.07. The van der Waals surface area contributed by atoms with E-state index in [0.717, 1.165) is 6.42 Å². The maximum Gasteiger partial charge on any atom is 0.0270 e. The second-order valence-electron chi connectivity index (χ2n) is 5.46. The first-order valence-corrected chi connectivity index (χ1v) is 7.93. The molecule has 0 fully saturated rings. The Bertz CT molecular complexity index is 297. The molecule has 0 aromatic carbocycles. The fraction of sp³-hybridized carbons (Fsp3) is 0.706. The molecule has 2 nitrogen and oxygen atoms in total. The van der Waals surface area contributed by atoms with Crippen molar-refractivity contribution in [1.82, 2.24) is 10.3 Å². The minimum absolute atomic E-state index is 0.609. The largest absolute Gasteiger partial charge is 0.317 e. The Balaban J connectivity index is 2.09. The van der Waals surface area contributed by atoms with E-state index in [0.29, 0.717) is 6.04 Å². The van der Waals surface area contributed by atoms with E-state index in [4.69, 9.17) is 0 Å². The van der Waals surface area contributed by atoms with E-state index in [2.05, 4.69) is 36.4 Å². The highest BCUT2D eigenvalue weighted by Gasteiger charge is 2.06. The molecule has 0 radical (unpaired) electrons. The van der Waals surface area contributed by atoms with Gasteiger partial charge in [0.2, 0.25) is 0 Å². The van der Waals surface area contributed by atoms with E-state index in [1.54, 1.807) is 0 Å². The summed E-state index contributed by atoms with van der Waals surface area (Å²) in [5, 5.41) is 3.44. The van der Waals surface area contributed by atoms with Gasteiger partial charge >= 0.3 is 0 Å². The molecule has 19 heavy (non-hydrogen) atoms. The molecule has 1 unspecified atom stereocenters. The highest BCUT2D eigenvalue weighted by molar-refractivity contribution is 5.11. The molecule has 0 saturated heterocycles. The lowest BCUT2D eigenvalue weighted by Crippen LogP contribution is -2.27. The predicted octanol–water partition coefficient (Wildman–Crippen LogP) is 4.35. The Morgan fingerprint density at radius 1 is 1.00 bits per heavy atom. The predicted molar refractivity (Wildman–Crippen MR) is 83.4 cm³/mol. The Labute approximate surface area is 119 Å². The van der Waals surface area contributed by atoms with Gasteiger partial charge in [-0.2, -0.15) is 0 Å². The molecule has 1 aromatic heterocycles. The number of hydrogen-bond acceptors (Lipinski definition) is 2. The van der Waals surface area contributed by atoms with Crippen LogP contribution in [0.4, 0.5) is 0 Å². The van der Waals surface area contributed by atoms with Crippen molar-refractivity contribution >= 4 is 0 Å². The van der Waals surface area contributed by atoms with Crippen molar-refractivity contribution in [3.8, 4) is 0 Å². The van der Waals surface area contributed by atoms with Crippen LogP contribution >= 0.6 is 0 Å². The zero-order valence-electron chi connectivity index (χ0n) is 12.7. The van der Waals surface area contributed by atoms with Crippen LogP contribution in [0.3, 0.4) is 0 Å². The van der Waals surface area contributed by atoms with Crippen LogP contribution in [0.1, 0.15) is 63.9 Å². The fourth-order valence-corrected chi connectivity index (χ4v) is 2.50. The summed E-state index contributed by atoms with van der Waals surface area (Å²) in [6.07, 6.45) is 15.9. The van der Waals surface area contributed by atoms with Crippen molar-refractivity contribution in [1.29, 1.82) is 0 Å². The molecule has 1 aromatic rings. The molecular weight excluding hydrogens is 232 g/mol. The minimum Gasteiger partial charge on any atom is -0.317 e. The third-order valence-electron chi connectivity index (χ3n) is 3.80. The second kappa shape index (κ2) is 11.0. The second-order valence-corrected chi connectivity index (χ2v) is 5.46. The number of pyridine rings is 1. The standard InChI is InChI=1S/C17H30N2/c1-3-4-5-6-7-8-9-10-17(18-2)15-16-11-13-19-14-12-16/h11-14,17-18H,3-10,15H2,1-2H3. The van der Waals surface area contributed by atoms with Gasteiger partial charge in [0.1, 0.15) is 0 Å². The number of hydrogen-bond donors (Lipinski definition) is 1. The van der Waals surface area contributed by atoms with Crippen molar-refractivity contribution in [3.05, 3.63) is 30.1 Å². The summed E-state index contributed by atoms with van der Waals surface area (Å²) in [6.45, 7) is 2.27. The van der Waals surface area contributed by atoms with Crippen molar-refractivity contribution in [2.24, 2.45) is 0 Å². The average molecular weight is 262 g/mol. The summed E-state index contributed by atoms with van der Waals surface area (Å²) in [7, 11) is 2.08. The van der Waals surface area contributed by atoms with Crippen molar-refractivity contribution < 1.29 is 0 Å². The monoisotopic (exact) mass is 262 g/mol. The molecule has 0 aliphatic heterocycles. The van der Waals surface area contributed by atoms with Gasteiger partial charge in [-0.1, -0.05) is 51.9 Å². The third-order valence-corrected chi connectivity index (χ3v) is 3.80. The van der Waals surface area contributed by atoms with Crippen LogP contribution in [0.5, 0.6) is 0 Å². The maximum atomic E-state index is 4.07. The summed E-state index contributed by atoms with van der Waals surface area (Å²) < 4.78 is 0. The number of aromatic nitrogens is 1. The van der Waals surface area contributed by atoms with Crippen molar-refractivity contribution in [2.45, 2.75) is 70.8 Å². The van der Waals surface area contributed by atoms with E-state index in [-0.39, 0.29) is 0 Å². The van der Waals surface area contributed by atoms with Crippen molar-refractivity contribution in [3.63, 3.8) is 0 Å².